The fraction of sp³-hybridized carbons (Fsp3) is 0.375. The number of benzene rings is 2. The van der Waals surface area contributed by atoms with Crippen molar-refractivity contribution in [3.8, 4) is 11.5 Å². The number of nitrogens with one attached hydrogen (secondary N) is 1. The number of rotatable bonds is 3. The van der Waals surface area contributed by atoms with Crippen LogP contribution in [0.4, 0.5) is 0 Å². The molecule has 2 aromatic carbocycles. The number of hydrogen-bond donors (Lipinski definition) is 1. The van der Waals surface area contributed by atoms with E-state index in [1.54, 1.807) is 7.11 Å². The van der Waals surface area contributed by atoms with Crippen molar-refractivity contribution in [2.24, 2.45) is 0 Å². The topological polar surface area (TPSA) is 30.5 Å². The minimum atomic E-state index is 0.327. The monoisotopic (exact) mass is 257 g/mol. The van der Waals surface area contributed by atoms with Crippen molar-refractivity contribution in [1.29, 1.82) is 0 Å². The summed E-state index contributed by atoms with van der Waals surface area (Å²) in [5.41, 5.74) is 0. The Kier molecular flexibility index (Phi) is 3.56. The first-order valence-electron chi connectivity index (χ1n) is 6.81. The molecule has 1 saturated heterocycles. The fourth-order valence-corrected chi connectivity index (χ4v) is 2.58. The van der Waals surface area contributed by atoms with Gasteiger partial charge in [0.2, 0.25) is 0 Å². The number of methoxy groups -OCH3 is 1. The maximum absolute atomic E-state index is 6.07. The van der Waals surface area contributed by atoms with E-state index in [9.17, 15) is 0 Å². The van der Waals surface area contributed by atoms with Gasteiger partial charge in [-0.25, -0.2) is 0 Å². The highest BCUT2D eigenvalue weighted by Crippen LogP contribution is 2.29. The predicted octanol–water partition coefficient (Wildman–Crippen LogP) is 2.98. The third kappa shape index (κ3) is 2.66. The molecule has 0 atom stereocenters. The van der Waals surface area contributed by atoms with E-state index < -0.39 is 0 Å². The number of ether oxygens (including phenoxy) is 2. The van der Waals surface area contributed by atoms with Crippen LogP contribution in [0, 0.1) is 0 Å². The van der Waals surface area contributed by atoms with E-state index in [1.807, 2.05) is 18.2 Å². The van der Waals surface area contributed by atoms with Crippen LogP contribution in [0.25, 0.3) is 10.8 Å². The van der Waals surface area contributed by atoms with Gasteiger partial charge in [-0.05, 0) is 49.5 Å². The normalized spacial score (nSPS) is 16.5. The van der Waals surface area contributed by atoms with Gasteiger partial charge in [-0.15, -0.1) is 0 Å². The van der Waals surface area contributed by atoms with Crippen molar-refractivity contribution in [2.45, 2.75) is 18.9 Å². The lowest BCUT2D eigenvalue weighted by atomic mass is 10.1. The average Bonchev–Trinajstić information content (AvgIpc) is 2.47. The summed E-state index contributed by atoms with van der Waals surface area (Å²) >= 11 is 0. The summed E-state index contributed by atoms with van der Waals surface area (Å²) in [5.74, 6) is 1.83. The quantitative estimate of drug-likeness (QED) is 0.917. The van der Waals surface area contributed by atoms with Crippen LogP contribution in [0.15, 0.2) is 36.4 Å². The van der Waals surface area contributed by atoms with Crippen molar-refractivity contribution in [3.63, 3.8) is 0 Å². The summed E-state index contributed by atoms with van der Waals surface area (Å²) < 4.78 is 11.5. The fourth-order valence-electron chi connectivity index (χ4n) is 2.58. The summed E-state index contributed by atoms with van der Waals surface area (Å²) in [4.78, 5) is 0. The highest BCUT2D eigenvalue weighted by Gasteiger charge is 2.14. The van der Waals surface area contributed by atoms with Gasteiger partial charge in [-0.3, -0.25) is 0 Å². The zero-order valence-electron chi connectivity index (χ0n) is 11.2. The van der Waals surface area contributed by atoms with Crippen molar-refractivity contribution >= 4 is 10.8 Å². The van der Waals surface area contributed by atoms with Crippen molar-refractivity contribution in [1.82, 2.24) is 5.32 Å². The zero-order chi connectivity index (χ0) is 13.1. The van der Waals surface area contributed by atoms with Gasteiger partial charge in [0.05, 0.1) is 7.11 Å². The molecular formula is C16H19NO2. The first-order chi connectivity index (χ1) is 9.36. The molecule has 1 aliphatic heterocycles. The molecule has 0 aliphatic carbocycles. The number of hydrogen-bond acceptors (Lipinski definition) is 3. The van der Waals surface area contributed by atoms with Crippen molar-refractivity contribution in [2.75, 3.05) is 20.2 Å². The zero-order valence-corrected chi connectivity index (χ0v) is 11.2. The van der Waals surface area contributed by atoms with E-state index in [1.165, 1.54) is 5.39 Å². The number of fused-ring (bicyclic) bond motifs is 1. The molecule has 1 aliphatic rings. The Hall–Kier alpha value is -1.74. The summed E-state index contributed by atoms with van der Waals surface area (Å²) in [6.07, 6.45) is 2.47. The molecule has 3 heteroatoms. The molecule has 1 heterocycles. The predicted molar refractivity (Wildman–Crippen MR) is 77.0 cm³/mol. The second-order valence-corrected chi connectivity index (χ2v) is 4.91. The maximum atomic E-state index is 6.07. The molecule has 1 fully saturated rings. The highest BCUT2D eigenvalue weighted by molar-refractivity contribution is 5.89. The molecular weight excluding hydrogens is 238 g/mol. The molecule has 19 heavy (non-hydrogen) atoms. The van der Waals surface area contributed by atoms with Gasteiger partial charge in [0.25, 0.3) is 0 Å². The summed E-state index contributed by atoms with van der Waals surface area (Å²) in [6.45, 7) is 2.09. The lowest BCUT2D eigenvalue weighted by Crippen LogP contribution is -2.34. The molecule has 0 radical (unpaired) electrons. The molecule has 100 valence electrons. The van der Waals surface area contributed by atoms with Crippen molar-refractivity contribution < 1.29 is 9.47 Å². The largest absolute Gasteiger partial charge is 0.496 e. The molecule has 0 amide bonds. The minimum absolute atomic E-state index is 0.327. The van der Waals surface area contributed by atoms with Crippen LogP contribution in [-0.4, -0.2) is 26.3 Å². The standard InChI is InChI=1S/C16H19NO2/c1-18-16-4-2-3-12-5-6-14(11-15(12)16)19-13-7-9-17-10-8-13/h2-6,11,13,17H,7-10H2,1H3. The first kappa shape index (κ1) is 12.3. The second-order valence-electron chi connectivity index (χ2n) is 4.91. The Morgan fingerprint density at radius 1 is 1.11 bits per heavy atom. The van der Waals surface area contributed by atoms with Gasteiger partial charge in [0, 0.05) is 5.39 Å². The Labute approximate surface area is 113 Å². The molecule has 1 N–H and O–H groups in total. The third-order valence-corrected chi connectivity index (χ3v) is 3.62. The van der Waals surface area contributed by atoms with E-state index in [4.69, 9.17) is 9.47 Å². The van der Waals surface area contributed by atoms with E-state index in [-0.39, 0.29) is 0 Å². The molecule has 0 saturated carbocycles. The lowest BCUT2D eigenvalue weighted by Gasteiger charge is -2.24. The first-order valence-corrected chi connectivity index (χ1v) is 6.81. The molecule has 0 unspecified atom stereocenters. The van der Waals surface area contributed by atoms with E-state index in [0.29, 0.717) is 6.10 Å². The maximum Gasteiger partial charge on any atom is 0.126 e. The Morgan fingerprint density at radius 3 is 2.74 bits per heavy atom. The molecule has 0 aromatic heterocycles. The Bertz CT molecular complexity index is 562. The molecule has 3 nitrogen and oxygen atoms in total. The lowest BCUT2D eigenvalue weighted by molar-refractivity contribution is 0.162. The van der Waals surface area contributed by atoms with Crippen molar-refractivity contribution in [3.05, 3.63) is 36.4 Å². The molecule has 3 rings (SSSR count). The van der Waals surface area contributed by atoms with Gasteiger partial charge in [-0.2, -0.15) is 0 Å². The molecule has 0 bridgehead atoms. The van der Waals surface area contributed by atoms with Crippen LogP contribution in [0.1, 0.15) is 12.8 Å². The highest BCUT2D eigenvalue weighted by atomic mass is 16.5. The Morgan fingerprint density at radius 2 is 1.95 bits per heavy atom. The van der Waals surface area contributed by atoms with Crippen LogP contribution >= 0.6 is 0 Å². The van der Waals surface area contributed by atoms with E-state index >= 15 is 0 Å². The number of piperidine rings is 1. The van der Waals surface area contributed by atoms with Gasteiger partial charge in [-0.1, -0.05) is 18.2 Å². The van der Waals surface area contributed by atoms with Gasteiger partial charge in [0.15, 0.2) is 0 Å². The average molecular weight is 257 g/mol. The van der Waals surface area contributed by atoms with E-state index in [2.05, 4.69) is 23.5 Å². The molecule has 0 spiro atoms. The smallest absolute Gasteiger partial charge is 0.126 e. The summed E-state index contributed by atoms with van der Waals surface area (Å²) in [7, 11) is 1.70. The van der Waals surface area contributed by atoms with Crippen LogP contribution in [0.3, 0.4) is 0 Å². The van der Waals surface area contributed by atoms with Gasteiger partial charge >= 0.3 is 0 Å². The van der Waals surface area contributed by atoms with Gasteiger partial charge in [0.1, 0.15) is 17.6 Å². The van der Waals surface area contributed by atoms with Gasteiger partial charge < -0.3 is 14.8 Å². The minimum Gasteiger partial charge on any atom is -0.496 e. The SMILES string of the molecule is COc1cccc2ccc(OC3CCNCC3)cc12. The van der Waals surface area contributed by atoms with Crippen LogP contribution < -0.4 is 14.8 Å². The van der Waals surface area contributed by atoms with E-state index in [0.717, 1.165) is 42.8 Å². The summed E-state index contributed by atoms with van der Waals surface area (Å²) in [6, 6.07) is 12.3. The summed E-state index contributed by atoms with van der Waals surface area (Å²) in [5, 5.41) is 5.63. The van der Waals surface area contributed by atoms with Crippen LogP contribution in [0.2, 0.25) is 0 Å². The second kappa shape index (κ2) is 5.49. The third-order valence-electron chi connectivity index (χ3n) is 3.62. The van der Waals surface area contributed by atoms with Crippen LogP contribution in [0.5, 0.6) is 11.5 Å². The Balaban J connectivity index is 1.87. The van der Waals surface area contributed by atoms with Crippen LogP contribution in [-0.2, 0) is 0 Å². The molecule has 2 aromatic rings.